The first kappa shape index (κ1) is 14.2. The molecule has 0 radical (unpaired) electrons. The van der Waals surface area contributed by atoms with E-state index in [2.05, 4.69) is 0 Å². The van der Waals surface area contributed by atoms with Crippen LogP contribution in [0.4, 0.5) is 5.69 Å². The molecule has 1 saturated heterocycles. The number of halogens is 1. The van der Waals surface area contributed by atoms with Crippen molar-refractivity contribution < 1.29 is 13.3 Å². The van der Waals surface area contributed by atoms with Gasteiger partial charge in [0.15, 0.2) is 0 Å². The van der Waals surface area contributed by atoms with Crippen molar-refractivity contribution in [3.8, 4) is 0 Å². The first-order chi connectivity index (χ1) is 8.82. The van der Waals surface area contributed by atoms with Crippen molar-refractivity contribution in [2.24, 2.45) is 5.92 Å². The zero-order chi connectivity index (χ0) is 14.2. The lowest BCUT2D eigenvalue weighted by atomic mass is 10.2. The summed E-state index contributed by atoms with van der Waals surface area (Å²) in [6, 6.07) is 3.45. The number of nitro groups is 1. The van der Waals surface area contributed by atoms with Gasteiger partial charge in [0, 0.05) is 25.2 Å². The molecular formula is C11H13ClN2O4S. The van der Waals surface area contributed by atoms with Gasteiger partial charge in [-0.15, -0.1) is 0 Å². The number of benzene rings is 1. The second-order valence-corrected chi connectivity index (χ2v) is 6.94. The largest absolute Gasteiger partial charge is 0.270 e. The second kappa shape index (κ2) is 5.07. The van der Waals surface area contributed by atoms with Crippen LogP contribution in [0.15, 0.2) is 23.1 Å². The maximum absolute atomic E-state index is 12.4. The maximum atomic E-state index is 12.4. The van der Waals surface area contributed by atoms with E-state index in [0.717, 1.165) is 12.5 Å². The number of nitro benzene ring substituents is 1. The summed E-state index contributed by atoms with van der Waals surface area (Å²) >= 11 is 5.87. The molecule has 0 amide bonds. The molecule has 104 valence electrons. The number of non-ortho nitro benzene ring substituents is 1. The monoisotopic (exact) mass is 304 g/mol. The molecule has 2 rings (SSSR count). The molecule has 0 aliphatic carbocycles. The molecule has 1 heterocycles. The van der Waals surface area contributed by atoms with Crippen LogP contribution in [0.1, 0.15) is 13.3 Å². The summed E-state index contributed by atoms with van der Waals surface area (Å²) in [5.74, 6) is 0.284. The zero-order valence-electron chi connectivity index (χ0n) is 10.2. The van der Waals surface area contributed by atoms with Gasteiger partial charge < -0.3 is 0 Å². The van der Waals surface area contributed by atoms with Crippen LogP contribution in [0.5, 0.6) is 0 Å². The molecule has 8 heteroatoms. The first-order valence-electron chi connectivity index (χ1n) is 5.76. The van der Waals surface area contributed by atoms with Gasteiger partial charge >= 0.3 is 0 Å². The minimum atomic E-state index is -3.76. The third-order valence-corrected chi connectivity index (χ3v) is 5.48. The van der Waals surface area contributed by atoms with Crippen LogP contribution >= 0.6 is 11.6 Å². The van der Waals surface area contributed by atoms with Gasteiger partial charge in [-0.25, -0.2) is 8.42 Å². The van der Waals surface area contributed by atoms with Gasteiger partial charge in [-0.1, -0.05) is 18.5 Å². The molecule has 1 aliphatic rings. The molecule has 0 aromatic heterocycles. The second-order valence-electron chi connectivity index (χ2n) is 4.63. The fraction of sp³-hybridized carbons (Fsp3) is 0.455. The Balaban J connectivity index is 2.45. The smallest absolute Gasteiger partial charge is 0.258 e. The van der Waals surface area contributed by atoms with Gasteiger partial charge in [-0.05, 0) is 18.4 Å². The number of hydrogen-bond donors (Lipinski definition) is 0. The Kier molecular flexibility index (Phi) is 3.80. The standard InChI is InChI=1S/C11H13ClN2O4S/c1-8-4-5-13(7-8)19(17,18)11-6-9(14(15)16)2-3-10(11)12/h2-3,6,8H,4-5,7H2,1H3. The van der Waals surface area contributed by atoms with Gasteiger partial charge in [-0.2, -0.15) is 4.31 Å². The summed E-state index contributed by atoms with van der Waals surface area (Å²) in [6.45, 7) is 2.80. The first-order valence-corrected chi connectivity index (χ1v) is 7.58. The summed E-state index contributed by atoms with van der Waals surface area (Å²) in [5, 5.41) is 10.7. The van der Waals surface area contributed by atoms with Crippen LogP contribution in [0.2, 0.25) is 5.02 Å². The molecule has 1 aromatic rings. The Morgan fingerprint density at radius 2 is 2.16 bits per heavy atom. The highest BCUT2D eigenvalue weighted by Gasteiger charge is 2.33. The number of hydrogen-bond acceptors (Lipinski definition) is 4. The molecule has 6 nitrogen and oxygen atoms in total. The fourth-order valence-electron chi connectivity index (χ4n) is 2.06. The minimum Gasteiger partial charge on any atom is -0.258 e. The van der Waals surface area contributed by atoms with Crippen molar-refractivity contribution in [2.75, 3.05) is 13.1 Å². The Labute approximate surface area is 116 Å². The van der Waals surface area contributed by atoms with E-state index in [1.807, 2.05) is 6.92 Å². The Morgan fingerprint density at radius 1 is 1.47 bits per heavy atom. The van der Waals surface area contributed by atoms with Crippen molar-refractivity contribution in [1.82, 2.24) is 4.31 Å². The highest BCUT2D eigenvalue weighted by atomic mass is 35.5. The van der Waals surface area contributed by atoms with E-state index in [0.29, 0.717) is 13.1 Å². The third-order valence-electron chi connectivity index (χ3n) is 3.13. The highest BCUT2D eigenvalue weighted by molar-refractivity contribution is 7.89. The quantitative estimate of drug-likeness (QED) is 0.634. The van der Waals surface area contributed by atoms with E-state index < -0.39 is 14.9 Å². The van der Waals surface area contributed by atoms with Crippen LogP contribution in [0.3, 0.4) is 0 Å². The summed E-state index contributed by atoms with van der Waals surface area (Å²) in [7, 11) is -3.76. The molecule has 1 fully saturated rings. The summed E-state index contributed by atoms with van der Waals surface area (Å²) in [4.78, 5) is 9.89. The summed E-state index contributed by atoms with van der Waals surface area (Å²) in [6.07, 6.45) is 0.784. The van der Waals surface area contributed by atoms with Crippen LogP contribution < -0.4 is 0 Å². The molecule has 1 atom stereocenters. The predicted octanol–water partition coefficient (Wildman–Crippen LogP) is 2.28. The van der Waals surface area contributed by atoms with Gasteiger partial charge in [0.25, 0.3) is 5.69 Å². The van der Waals surface area contributed by atoms with Crippen molar-refractivity contribution in [3.05, 3.63) is 33.3 Å². The van der Waals surface area contributed by atoms with Crippen LogP contribution in [-0.2, 0) is 10.0 Å². The predicted molar refractivity (Wildman–Crippen MR) is 70.6 cm³/mol. The van der Waals surface area contributed by atoms with E-state index >= 15 is 0 Å². The molecule has 0 N–H and O–H groups in total. The van der Waals surface area contributed by atoms with E-state index in [4.69, 9.17) is 11.6 Å². The molecule has 0 saturated carbocycles. The van der Waals surface area contributed by atoms with Crippen LogP contribution in [0, 0.1) is 16.0 Å². The van der Waals surface area contributed by atoms with Gasteiger partial charge in [0.2, 0.25) is 10.0 Å². The molecule has 1 unspecified atom stereocenters. The molecule has 1 aliphatic heterocycles. The van der Waals surface area contributed by atoms with E-state index in [9.17, 15) is 18.5 Å². The van der Waals surface area contributed by atoms with Crippen molar-refractivity contribution in [3.63, 3.8) is 0 Å². The Bertz CT molecular complexity index is 617. The molecule has 19 heavy (non-hydrogen) atoms. The molecule has 1 aromatic carbocycles. The Morgan fingerprint density at radius 3 is 2.68 bits per heavy atom. The van der Waals surface area contributed by atoms with Crippen molar-refractivity contribution in [1.29, 1.82) is 0 Å². The van der Waals surface area contributed by atoms with Crippen molar-refractivity contribution in [2.45, 2.75) is 18.2 Å². The average molecular weight is 305 g/mol. The topological polar surface area (TPSA) is 80.5 Å². The minimum absolute atomic E-state index is 0.00477. The highest BCUT2D eigenvalue weighted by Crippen LogP contribution is 2.31. The van der Waals surface area contributed by atoms with E-state index in [1.165, 1.54) is 16.4 Å². The summed E-state index contributed by atoms with van der Waals surface area (Å²) < 4.78 is 26.1. The molecular weight excluding hydrogens is 292 g/mol. The van der Waals surface area contributed by atoms with Crippen LogP contribution in [0.25, 0.3) is 0 Å². The normalized spacial score (nSPS) is 20.6. The molecule has 0 bridgehead atoms. The lowest BCUT2D eigenvalue weighted by Gasteiger charge is -2.16. The fourth-order valence-corrected chi connectivity index (χ4v) is 4.12. The summed E-state index contributed by atoms with van der Waals surface area (Å²) in [5.41, 5.74) is -0.282. The number of sulfonamides is 1. The maximum Gasteiger partial charge on any atom is 0.270 e. The average Bonchev–Trinajstić information content (AvgIpc) is 2.76. The number of nitrogens with zero attached hydrogens (tertiary/aromatic N) is 2. The van der Waals surface area contributed by atoms with Gasteiger partial charge in [0.05, 0.1) is 9.95 Å². The van der Waals surface area contributed by atoms with Crippen molar-refractivity contribution >= 4 is 27.3 Å². The van der Waals surface area contributed by atoms with Crippen LogP contribution in [-0.4, -0.2) is 30.7 Å². The lowest BCUT2D eigenvalue weighted by molar-refractivity contribution is -0.385. The third kappa shape index (κ3) is 2.72. The SMILES string of the molecule is CC1CCN(S(=O)(=O)c2cc([N+](=O)[O-])ccc2Cl)C1. The zero-order valence-corrected chi connectivity index (χ0v) is 11.8. The molecule has 0 spiro atoms. The van der Waals surface area contributed by atoms with E-state index in [-0.39, 0.29) is 21.5 Å². The number of rotatable bonds is 3. The van der Waals surface area contributed by atoms with Gasteiger partial charge in [-0.3, -0.25) is 10.1 Å². The lowest BCUT2D eigenvalue weighted by Crippen LogP contribution is -2.28. The Hall–Kier alpha value is -1.18. The van der Waals surface area contributed by atoms with E-state index in [1.54, 1.807) is 0 Å². The van der Waals surface area contributed by atoms with Gasteiger partial charge in [0.1, 0.15) is 4.90 Å².